The summed E-state index contributed by atoms with van der Waals surface area (Å²) < 4.78 is 10.3. The first-order valence-electron chi connectivity index (χ1n) is 6.89. The number of hydrogen-bond acceptors (Lipinski definition) is 4. The van der Waals surface area contributed by atoms with E-state index in [2.05, 4.69) is 15.6 Å². The Morgan fingerprint density at radius 1 is 1.18 bits per heavy atom. The lowest BCUT2D eigenvalue weighted by molar-refractivity contribution is 0.252. The van der Waals surface area contributed by atoms with Gasteiger partial charge in [-0.05, 0) is 24.3 Å². The first-order valence-corrected chi connectivity index (χ1v) is 6.89. The molecule has 1 aromatic heterocycles. The van der Waals surface area contributed by atoms with Crippen LogP contribution in [0.15, 0.2) is 42.6 Å². The van der Waals surface area contributed by atoms with E-state index in [9.17, 15) is 4.79 Å². The first kappa shape index (κ1) is 15.6. The molecule has 6 heteroatoms. The molecular formula is C16H19N3O3. The number of hydrogen-bond donors (Lipinski definition) is 2. The maximum atomic E-state index is 11.9. The SMILES string of the molecule is COc1ccc(NC(=O)NCCc2ccccn2)c(OC)c1. The molecule has 2 rings (SSSR count). The van der Waals surface area contributed by atoms with Gasteiger partial charge >= 0.3 is 6.03 Å². The lowest BCUT2D eigenvalue weighted by Crippen LogP contribution is -2.30. The molecule has 0 spiro atoms. The van der Waals surface area contributed by atoms with E-state index in [0.29, 0.717) is 30.2 Å². The fraction of sp³-hybridized carbons (Fsp3) is 0.250. The second kappa shape index (κ2) is 7.87. The summed E-state index contributed by atoms with van der Waals surface area (Å²) in [7, 11) is 3.12. The van der Waals surface area contributed by atoms with Gasteiger partial charge in [-0.2, -0.15) is 0 Å². The summed E-state index contributed by atoms with van der Waals surface area (Å²) >= 11 is 0. The molecule has 0 saturated heterocycles. The largest absolute Gasteiger partial charge is 0.497 e. The van der Waals surface area contributed by atoms with Crippen LogP contribution in [0.5, 0.6) is 11.5 Å². The van der Waals surface area contributed by atoms with Crippen LogP contribution in [-0.2, 0) is 6.42 Å². The standard InChI is InChI=1S/C16H19N3O3/c1-21-13-6-7-14(15(11-13)22-2)19-16(20)18-10-8-12-5-3-4-9-17-12/h3-7,9,11H,8,10H2,1-2H3,(H2,18,19,20). The average Bonchev–Trinajstić information content (AvgIpc) is 2.56. The molecule has 2 aromatic rings. The number of pyridine rings is 1. The van der Waals surface area contributed by atoms with Gasteiger partial charge in [-0.1, -0.05) is 6.07 Å². The van der Waals surface area contributed by atoms with Crippen molar-refractivity contribution in [3.05, 3.63) is 48.3 Å². The van der Waals surface area contributed by atoms with Gasteiger partial charge in [0.05, 0.1) is 19.9 Å². The highest BCUT2D eigenvalue weighted by Crippen LogP contribution is 2.28. The quantitative estimate of drug-likeness (QED) is 0.859. The molecule has 1 aromatic carbocycles. The number of urea groups is 1. The molecule has 0 radical (unpaired) electrons. The van der Waals surface area contributed by atoms with Crippen molar-refractivity contribution >= 4 is 11.7 Å². The summed E-state index contributed by atoms with van der Waals surface area (Å²) in [5, 5.41) is 5.53. The van der Waals surface area contributed by atoms with Crippen molar-refractivity contribution in [1.29, 1.82) is 0 Å². The molecule has 2 N–H and O–H groups in total. The number of carbonyl (C=O) groups excluding carboxylic acids is 1. The van der Waals surface area contributed by atoms with Crippen molar-refractivity contribution in [2.45, 2.75) is 6.42 Å². The second-order valence-corrected chi connectivity index (χ2v) is 4.52. The molecule has 0 aliphatic carbocycles. The summed E-state index contributed by atoms with van der Waals surface area (Å²) in [5.41, 5.74) is 1.52. The van der Waals surface area contributed by atoms with Gasteiger partial charge < -0.3 is 20.1 Å². The molecule has 0 aliphatic rings. The van der Waals surface area contributed by atoms with Crippen molar-refractivity contribution in [2.75, 3.05) is 26.1 Å². The zero-order valence-corrected chi connectivity index (χ0v) is 12.6. The predicted octanol–water partition coefficient (Wildman–Crippen LogP) is 2.46. The molecule has 6 nitrogen and oxygen atoms in total. The van der Waals surface area contributed by atoms with Gasteiger partial charge in [0.25, 0.3) is 0 Å². The highest BCUT2D eigenvalue weighted by Gasteiger charge is 2.08. The second-order valence-electron chi connectivity index (χ2n) is 4.52. The number of amides is 2. The molecule has 0 fully saturated rings. The predicted molar refractivity (Wildman–Crippen MR) is 84.5 cm³/mol. The van der Waals surface area contributed by atoms with Gasteiger partial charge in [0.1, 0.15) is 11.5 Å². The molecule has 0 aliphatic heterocycles. The molecular weight excluding hydrogens is 282 g/mol. The van der Waals surface area contributed by atoms with Crippen LogP contribution >= 0.6 is 0 Å². The highest BCUT2D eigenvalue weighted by molar-refractivity contribution is 5.91. The molecule has 0 atom stereocenters. The van der Waals surface area contributed by atoms with E-state index in [1.165, 1.54) is 0 Å². The average molecular weight is 301 g/mol. The normalized spacial score (nSPS) is 9.91. The van der Waals surface area contributed by atoms with Gasteiger partial charge in [0.2, 0.25) is 0 Å². The number of methoxy groups -OCH3 is 2. The number of anilines is 1. The minimum Gasteiger partial charge on any atom is -0.497 e. The third kappa shape index (κ3) is 4.37. The summed E-state index contributed by atoms with van der Waals surface area (Å²) in [5.74, 6) is 1.21. The summed E-state index contributed by atoms with van der Waals surface area (Å²) in [6, 6.07) is 10.6. The van der Waals surface area contributed by atoms with Crippen LogP contribution in [-0.4, -0.2) is 31.8 Å². The van der Waals surface area contributed by atoms with Gasteiger partial charge in [0.15, 0.2) is 0 Å². The number of nitrogens with one attached hydrogen (secondary N) is 2. The topological polar surface area (TPSA) is 72.5 Å². The number of rotatable bonds is 6. The number of aromatic nitrogens is 1. The fourth-order valence-electron chi connectivity index (χ4n) is 1.92. The van der Waals surface area contributed by atoms with Crippen molar-refractivity contribution < 1.29 is 14.3 Å². The van der Waals surface area contributed by atoms with Crippen molar-refractivity contribution in [3.8, 4) is 11.5 Å². The Kier molecular flexibility index (Phi) is 5.59. The lowest BCUT2D eigenvalue weighted by atomic mass is 10.2. The summed E-state index contributed by atoms with van der Waals surface area (Å²) in [4.78, 5) is 16.1. The Morgan fingerprint density at radius 3 is 2.73 bits per heavy atom. The number of benzene rings is 1. The Labute approximate surface area is 129 Å². The van der Waals surface area contributed by atoms with Crippen LogP contribution in [0.1, 0.15) is 5.69 Å². The van der Waals surface area contributed by atoms with E-state index in [0.717, 1.165) is 5.69 Å². The molecule has 0 saturated carbocycles. The van der Waals surface area contributed by atoms with Crippen LogP contribution in [0.2, 0.25) is 0 Å². The van der Waals surface area contributed by atoms with Crippen LogP contribution in [0, 0.1) is 0 Å². The summed E-state index contributed by atoms with van der Waals surface area (Å²) in [6.45, 7) is 0.501. The number of ether oxygens (including phenoxy) is 2. The highest BCUT2D eigenvalue weighted by atomic mass is 16.5. The number of nitrogens with zero attached hydrogens (tertiary/aromatic N) is 1. The zero-order chi connectivity index (χ0) is 15.8. The zero-order valence-electron chi connectivity index (χ0n) is 12.6. The maximum Gasteiger partial charge on any atom is 0.319 e. The van der Waals surface area contributed by atoms with Crippen LogP contribution in [0.25, 0.3) is 0 Å². The van der Waals surface area contributed by atoms with Crippen LogP contribution in [0.4, 0.5) is 10.5 Å². The third-order valence-corrected chi connectivity index (χ3v) is 3.05. The smallest absolute Gasteiger partial charge is 0.319 e. The molecule has 2 amide bonds. The van der Waals surface area contributed by atoms with Crippen LogP contribution < -0.4 is 20.1 Å². The Bertz CT molecular complexity index is 617. The minimum atomic E-state index is -0.292. The fourth-order valence-corrected chi connectivity index (χ4v) is 1.92. The van der Waals surface area contributed by atoms with Crippen molar-refractivity contribution in [3.63, 3.8) is 0 Å². The third-order valence-electron chi connectivity index (χ3n) is 3.05. The molecule has 116 valence electrons. The Morgan fingerprint density at radius 2 is 2.05 bits per heavy atom. The van der Waals surface area contributed by atoms with Gasteiger partial charge in [-0.25, -0.2) is 4.79 Å². The number of carbonyl (C=O) groups is 1. The first-order chi connectivity index (χ1) is 10.7. The molecule has 0 unspecified atom stereocenters. The van der Waals surface area contributed by atoms with Gasteiger partial charge in [0, 0.05) is 30.9 Å². The van der Waals surface area contributed by atoms with Gasteiger partial charge in [-0.3, -0.25) is 4.98 Å². The monoisotopic (exact) mass is 301 g/mol. The Hall–Kier alpha value is -2.76. The van der Waals surface area contributed by atoms with E-state index in [-0.39, 0.29) is 6.03 Å². The van der Waals surface area contributed by atoms with E-state index in [1.807, 2.05) is 18.2 Å². The van der Waals surface area contributed by atoms with Gasteiger partial charge in [-0.15, -0.1) is 0 Å². The van der Waals surface area contributed by atoms with E-state index >= 15 is 0 Å². The van der Waals surface area contributed by atoms with Crippen LogP contribution in [0.3, 0.4) is 0 Å². The lowest BCUT2D eigenvalue weighted by Gasteiger charge is -2.12. The molecule has 22 heavy (non-hydrogen) atoms. The van der Waals surface area contributed by atoms with E-state index in [1.54, 1.807) is 38.6 Å². The van der Waals surface area contributed by atoms with Crippen molar-refractivity contribution in [1.82, 2.24) is 10.3 Å². The van der Waals surface area contributed by atoms with Crippen molar-refractivity contribution in [2.24, 2.45) is 0 Å². The molecule has 1 heterocycles. The van der Waals surface area contributed by atoms with E-state index in [4.69, 9.17) is 9.47 Å². The minimum absolute atomic E-state index is 0.292. The Balaban J connectivity index is 1.86. The maximum absolute atomic E-state index is 11.9. The summed E-state index contributed by atoms with van der Waals surface area (Å²) in [6.07, 6.45) is 2.41. The van der Waals surface area contributed by atoms with E-state index < -0.39 is 0 Å². The molecule has 0 bridgehead atoms.